The number of hydrogen-bond donors (Lipinski definition) is 2. The molecule has 0 spiro atoms. The molecule has 180 valence electrons. The molecule has 35 heavy (non-hydrogen) atoms. The molecule has 0 unspecified atom stereocenters. The Morgan fingerprint density at radius 3 is 1.97 bits per heavy atom. The maximum atomic E-state index is 12.4. The number of imidazole rings is 1. The highest BCUT2D eigenvalue weighted by molar-refractivity contribution is 6.30. The summed E-state index contributed by atoms with van der Waals surface area (Å²) in [6, 6.07) is 21.1. The molecule has 2 N–H and O–H groups in total. The lowest BCUT2D eigenvalue weighted by Gasteiger charge is -2.30. The first-order valence-corrected chi connectivity index (χ1v) is 13.2. The molecule has 2 heterocycles. The third-order valence-electron chi connectivity index (χ3n) is 7.56. The monoisotopic (exact) mass is 505 g/mol. The Bertz CT molecular complexity index is 1290. The van der Waals surface area contributed by atoms with E-state index in [4.69, 9.17) is 28.2 Å². The molecule has 1 saturated carbocycles. The minimum atomic E-state index is -1.35. The largest absolute Gasteiger partial charge is 0.376 e. The van der Waals surface area contributed by atoms with Crippen molar-refractivity contribution in [1.29, 1.82) is 0 Å². The predicted octanol–water partition coefficient (Wildman–Crippen LogP) is 6.50. The molecule has 6 heteroatoms. The number of benzene rings is 3. The van der Waals surface area contributed by atoms with Crippen molar-refractivity contribution >= 4 is 34.2 Å². The highest BCUT2D eigenvalue weighted by atomic mass is 35.5. The number of fused-ring (bicyclic) bond motifs is 1. The first-order chi connectivity index (χ1) is 17.0. The number of nitrogens with one attached hydrogen (secondary N) is 1. The van der Waals surface area contributed by atoms with E-state index in [0.717, 1.165) is 47.4 Å². The lowest BCUT2D eigenvalue weighted by molar-refractivity contribution is 0.126. The molecule has 0 amide bonds. The average Bonchev–Trinajstić information content (AvgIpc) is 3.67. The Kier molecular flexibility index (Phi) is 6.10. The van der Waals surface area contributed by atoms with Crippen molar-refractivity contribution in [3.63, 3.8) is 0 Å². The molecule has 0 bridgehead atoms. The molecule has 1 aliphatic carbocycles. The smallest absolute Gasteiger partial charge is 0.140 e. The summed E-state index contributed by atoms with van der Waals surface area (Å²) in [5, 5.41) is 17.1. The zero-order chi connectivity index (χ0) is 24.0. The van der Waals surface area contributed by atoms with Gasteiger partial charge in [0.15, 0.2) is 0 Å². The molecule has 4 aromatic rings. The van der Waals surface area contributed by atoms with E-state index in [0.29, 0.717) is 21.9 Å². The Hall–Kier alpha value is -2.37. The quantitative estimate of drug-likeness (QED) is 0.294. The summed E-state index contributed by atoms with van der Waals surface area (Å²) in [4.78, 5) is 5.06. The van der Waals surface area contributed by atoms with Crippen molar-refractivity contribution in [3.8, 4) is 0 Å². The van der Waals surface area contributed by atoms with Gasteiger partial charge in [0, 0.05) is 22.5 Å². The molecule has 6 rings (SSSR count). The van der Waals surface area contributed by atoms with Gasteiger partial charge >= 0.3 is 0 Å². The summed E-state index contributed by atoms with van der Waals surface area (Å²) in [7, 11) is 0. The molecular weight excluding hydrogens is 477 g/mol. The van der Waals surface area contributed by atoms with Crippen LogP contribution in [0.2, 0.25) is 10.0 Å². The average molecular weight is 506 g/mol. The normalized spacial score (nSPS) is 17.2. The first-order valence-electron chi connectivity index (χ1n) is 12.5. The van der Waals surface area contributed by atoms with Gasteiger partial charge in [-0.3, -0.25) is 0 Å². The molecule has 0 radical (unpaired) electrons. The zero-order valence-electron chi connectivity index (χ0n) is 19.6. The molecule has 2 aliphatic rings. The topological polar surface area (TPSA) is 50.1 Å². The second-order valence-electron chi connectivity index (χ2n) is 9.98. The van der Waals surface area contributed by atoms with Gasteiger partial charge in [-0.05, 0) is 97.8 Å². The Morgan fingerprint density at radius 1 is 0.829 bits per heavy atom. The van der Waals surface area contributed by atoms with Crippen LogP contribution >= 0.6 is 23.2 Å². The minimum absolute atomic E-state index is 0.555. The van der Waals surface area contributed by atoms with Crippen LogP contribution in [-0.4, -0.2) is 27.7 Å². The van der Waals surface area contributed by atoms with E-state index in [1.165, 1.54) is 31.5 Å². The summed E-state index contributed by atoms with van der Waals surface area (Å²) in [5.74, 6) is 2.40. The Labute approximate surface area is 215 Å². The van der Waals surface area contributed by atoms with Crippen molar-refractivity contribution in [2.24, 2.45) is 5.92 Å². The zero-order valence-corrected chi connectivity index (χ0v) is 21.1. The summed E-state index contributed by atoms with van der Waals surface area (Å²) in [6.45, 7) is 3.14. The van der Waals surface area contributed by atoms with Crippen LogP contribution in [0.5, 0.6) is 0 Å². The molecule has 4 nitrogen and oxygen atoms in total. The van der Waals surface area contributed by atoms with Gasteiger partial charge in [0.2, 0.25) is 0 Å². The van der Waals surface area contributed by atoms with Gasteiger partial charge in [0.1, 0.15) is 11.4 Å². The van der Waals surface area contributed by atoms with Gasteiger partial charge in [-0.1, -0.05) is 53.5 Å². The molecule has 1 saturated heterocycles. The van der Waals surface area contributed by atoms with Crippen molar-refractivity contribution in [2.45, 2.75) is 43.7 Å². The van der Waals surface area contributed by atoms with Crippen LogP contribution in [0.3, 0.4) is 0 Å². The maximum absolute atomic E-state index is 12.4. The van der Waals surface area contributed by atoms with Gasteiger partial charge in [-0.25, -0.2) is 4.98 Å². The Balaban J connectivity index is 1.51. The van der Waals surface area contributed by atoms with Crippen molar-refractivity contribution < 1.29 is 5.11 Å². The number of nitrogens with zero attached hydrogens (tertiary/aromatic N) is 2. The predicted molar refractivity (Wildman–Crippen MR) is 142 cm³/mol. The summed E-state index contributed by atoms with van der Waals surface area (Å²) >= 11 is 12.4. The van der Waals surface area contributed by atoms with Crippen LogP contribution in [0, 0.1) is 5.92 Å². The van der Waals surface area contributed by atoms with Gasteiger partial charge in [-0.2, -0.15) is 0 Å². The van der Waals surface area contributed by atoms with Crippen molar-refractivity contribution in [3.05, 3.63) is 99.3 Å². The number of hydrogen-bond acceptors (Lipinski definition) is 3. The number of aromatic nitrogens is 2. The van der Waals surface area contributed by atoms with Gasteiger partial charge in [0.25, 0.3) is 0 Å². The lowest BCUT2D eigenvalue weighted by Crippen LogP contribution is -2.30. The van der Waals surface area contributed by atoms with Crippen LogP contribution < -0.4 is 5.32 Å². The third-order valence-corrected chi connectivity index (χ3v) is 8.07. The van der Waals surface area contributed by atoms with E-state index in [-0.39, 0.29) is 0 Å². The van der Waals surface area contributed by atoms with Crippen molar-refractivity contribution in [1.82, 2.24) is 14.9 Å². The minimum Gasteiger partial charge on any atom is -0.376 e. The van der Waals surface area contributed by atoms with E-state index in [1.807, 2.05) is 54.6 Å². The SMILES string of the molecule is OC(c1ccc(Cl)cc1)(c1ccc(Cl)cc1)c1ccc2nc(C3CC3)n(CC3CCNCC3)c2c1. The van der Waals surface area contributed by atoms with Gasteiger partial charge < -0.3 is 15.0 Å². The maximum Gasteiger partial charge on any atom is 0.140 e. The lowest BCUT2D eigenvalue weighted by atomic mass is 9.80. The Morgan fingerprint density at radius 2 is 1.40 bits per heavy atom. The van der Waals surface area contributed by atoms with Crippen LogP contribution in [0.1, 0.15) is 54.1 Å². The van der Waals surface area contributed by atoms with Crippen LogP contribution in [-0.2, 0) is 12.1 Å². The molecule has 2 fully saturated rings. The fourth-order valence-electron chi connectivity index (χ4n) is 5.42. The van der Waals surface area contributed by atoms with Crippen LogP contribution in [0.15, 0.2) is 66.7 Å². The van der Waals surface area contributed by atoms with E-state index in [9.17, 15) is 5.11 Å². The second-order valence-corrected chi connectivity index (χ2v) is 10.8. The highest BCUT2D eigenvalue weighted by Crippen LogP contribution is 2.43. The molecule has 1 aliphatic heterocycles. The first kappa shape index (κ1) is 23.1. The fraction of sp³-hybridized carbons (Fsp3) is 0.345. The molecular formula is C29H29Cl2N3O. The van der Waals surface area contributed by atoms with Gasteiger partial charge in [-0.15, -0.1) is 0 Å². The van der Waals surface area contributed by atoms with Gasteiger partial charge in [0.05, 0.1) is 11.0 Å². The number of rotatable bonds is 6. The molecule has 1 aromatic heterocycles. The second kappa shape index (κ2) is 9.25. The van der Waals surface area contributed by atoms with E-state index < -0.39 is 5.60 Å². The number of piperidine rings is 1. The molecule has 0 atom stereocenters. The van der Waals surface area contributed by atoms with E-state index >= 15 is 0 Å². The van der Waals surface area contributed by atoms with Crippen LogP contribution in [0.4, 0.5) is 0 Å². The molecule has 3 aromatic carbocycles. The third kappa shape index (κ3) is 4.38. The summed E-state index contributed by atoms with van der Waals surface area (Å²) < 4.78 is 2.44. The fourth-order valence-corrected chi connectivity index (χ4v) is 5.67. The van der Waals surface area contributed by atoms with Crippen LogP contribution in [0.25, 0.3) is 11.0 Å². The number of halogens is 2. The van der Waals surface area contributed by atoms with Crippen molar-refractivity contribution in [2.75, 3.05) is 13.1 Å². The summed E-state index contributed by atoms with van der Waals surface area (Å²) in [6.07, 6.45) is 4.79. The van der Waals surface area contributed by atoms with E-state index in [2.05, 4.69) is 22.0 Å². The number of aliphatic hydroxyl groups is 1. The summed E-state index contributed by atoms with van der Waals surface area (Å²) in [5.41, 5.74) is 3.07. The standard InChI is InChI=1S/C29H29Cl2N3O/c30-24-8-3-21(4-9-24)29(35,22-5-10-25(31)11-6-22)23-7-12-26-27(17-23)34(28(33-26)20-1-2-20)18-19-13-15-32-16-14-19/h3-12,17,19-20,32,35H,1-2,13-16,18H2. The van der Waals surface area contributed by atoms with E-state index in [1.54, 1.807) is 0 Å². The highest BCUT2D eigenvalue weighted by Gasteiger charge is 2.36.